The third kappa shape index (κ3) is 3.99. The van der Waals surface area contributed by atoms with E-state index in [-0.39, 0.29) is 6.04 Å². The molecule has 1 aromatic carbocycles. The average Bonchev–Trinajstić information content (AvgIpc) is 2.95. The Morgan fingerprint density at radius 2 is 2.00 bits per heavy atom. The van der Waals surface area contributed by atoms with Crippen LogP contribution in [0.5, 0.6) is 0 Å². The Kier molecular flexibility index (Phi) is 6.08. The van der Waals surface area contributed by atoms with Gasteiger partial charge in [0.2, 0.25) is 10.0 Å². The van der Waals surface area contributed by atoms with E-state index in [1.54, 1.807) is 16.4 Å². The van der Waals surface area contributed by atoms with Gasteiger partial charge in [-0.25, -0.2) is 8.42 Å². The van der Waals surface area contributed by atoms with Crippen LogP contribution in [0.4, 0.5) is 0 Å². The van der Waals surface area contributed by atoms with Gasteiger partial charge < -0.3 is 0 Å². The van der Waals surface area contributed by atoms with Gasteiger partial charge >= 0.3 is 0 Å². The van der Waals surface area contributed by atoms with E-state index < -0.39 is 10.0 Å². The van der Waals surface area contributed by atoms with Gasteiger partial charge in [0.25, 0.3) is 0 Å². The van der Waals surface area contributed by atoms with Crippen molar-refractivity contribution in [2.24, 2.45) is 0 Å². The molecule has 0 N–H and O–H groups in total. The maximum Gasteiger partial charge on any atom is 0.243 e. The average molecular weight is 330 g/mol. The molecule has 1 aromatic rings. The van der Waals surface area contributed by atoms with Gasteiger partial charge in [-0.05, 0) is 49.8 Å². The summed E-state index contributed by atoms with van der Waals surface area (Å²) < 4.78 is 27.2. The highest BCUT2D eigenvalue weighted by molar-refractivity contribution is 7.89. The zero-order valence-electron chi connectivity index (χ0n) is 12.6. The maximum absolute atomic E-state index is 12.8. The molecule has 1 heterocycles. The fourth-order valence-electron chi connectivity index (χ4n) is 2.98. The van der Waals surface area contributed by atoms with Crippen LogP contribution in [0.2, 0.25) is 0 Å². The Bertz CT molecular complexity index is 542. The molecule has 0 aromatic heterocycles. The molecule has 0 saturated carbocycles. The first-order chi connectivity index (χ1) is 10.1. The summed E-state index contributed by atoms with van der Waals surface area (Å²) >= 11 is 5.74. The van der Waals surface area contributed by atoms with Gasteiger partial charge in [-0.3, -0.25) is 0 Å². The summed E-state index contributed by atoms with van der Waals surface area (Å²) in [5.41, 5.74) is 1.19. The fraction of sp³-hybridized carbons (Fsp3) is 0.625. The second-order valence-electron chi connectivity index (χ2n) is 5.64. The first kappa shape index (κ1) is 16.8. The smallest absolute Gasteiger partial charge is 0.207 e. The maximum atomic E-state index is 12.8. The van der Waals surface area contributed by atoms with Gasteiger partial charge in [-0.15, -0.1) is 11.6 Å². The minimum absolute atomic E-state index is 0.115. The van der Waals surface area contributed by atoms with Crippen LogP contribution in [0.3, 0.4) is 0 Å². The molecule has 0 radical (unpaired) electrons. The largest absolute Gasteiger partial charge is 0.243 e. The molecule has 1 aliphatic heterocycles. The summed E-state index contributed by atoms with van der Waals surface area (Å²) in [6.07, 6.45) is 5.68. The van der Waals surface area contributed by atoms with E-state index in [0.717, 1.165) is 38.5 Å². The van der Waals surface area contributed by atoms with Crippen LogP contribution in [-0.4, -0.2) is 31.2 Å². The molecule has 1 fully saturated rings. The number of benzene rings is 1. The minimum Gasteiger partial charge on any atom is -0.207 e. The molecule has 0 bridgehead atoms. The van der Waals surface area contributed by atoms with E-state index in [9.17, 15) is 8.42 Å². The number of alkyl halides is 1. The fourth-order valence-corrected chi connectivity index (χ4v) is 4.86. The number of hydrogen-bond donors (Lipinski definition) is 0. The third-order valence-corrected chi connectivity index (χ3v) is 6.30. The van der Waals surface area contributed by atoms with Gasteiger partial charge in [0.1, 0.15) is 0 Å². The highest BCUT2D eigenvalue weighted by atomic mass is 35.5. The summed E-state index contributed by atoms with van der Waals surface area (Å²) in [6.45, 7) is 2.75. The van der Waals surface area contributed by atoms with E-state index >= 15 is 0 Å². The molecule has 118 valence electrons. The second kappa shape index (κ2) is 7.61. The van der Waals surface area contributed by atoms with Gasteiger partial charge in [0.05, 0.1) is 4.90 Å². The third-order valence-electron chi connectivity index (χ3n) is 4.06. The van der Waals surface area contributed by atoms with Crippen molar-refractivity contribution < 1.29 is 8.42 Å². The van der Waals surface area contributed by atoms with E-state index in [2.05, 4.69) is 6.92 Å². The second-order valence-corrected chi connectivity index (χ2v) is 7.91. The predicted molar refractivity (Wildman–Crippen MR) is 87.3 cm³/mol. The SMILES string of the molecule is CCCc1ccc(S(=O)(=O)N2CCCC2CCCCl)cc1. The Balaban J connectivity index is 2.16. The topological polar surface area (TPSA) is 37.4 Å². The van der Waals surface area contributed by atoms with Gasteiger partial charge in [-0.2, -0.15) is 4.31 Å². The van der Waals surface area contributed by atoms with Crippen molar-refractivity contribution in [1.82, 2.24) is 4.31 Å². The van der Waals surface area contributed by atoms with Crippen LogP contribution in [0.15, 0.2) is 29.2 Å². The molecule has 1 aliphatic rings. The first-order valence-electron chi connectivity index (χ1n) is 7.76. The molecule has 1 unspecified atom stereocenters. The molecular formula is C16H24ClNO2S. The summed E-state index contributed by atoms with van der Waals surface area (Å²) in [6, 6.07) is 7.47. The lowest BCUT2D eigenvalue weighted by Gasteiger charge is -2.24. The van der Waals surface area contributed by atoms with Crippen molar-refractivity contribution in [3.05, 3.63) is 29.8 Å². The molecule has 3 nitrogen and oxygen atoms in total. The number of hydrogen-bond acceptors (Lipinski definition) is 2. The lowest BCUT2D eigenvalue weighted by atomic mass is 10.1. The highest BCUT2D eigenvalue weighted by Gasteiger charge is 2.34. The molecule has 21 heavy (non-hydrogen) atoms. The van der Waals surface area contributed by atoms with Crippen molar-refractivity contribution in [2.45, 2.75) is 56.4 Å². The predicted octanol–water partition coefficient (Wildman–Crippen LogP) is 3.81. The molecule has 1 saturated heterocycles. The number of aryl methyl sites for hydroxylation is 1. The van der Waals surface area contributed by atoms with Crippen LogP contribution in [0, 0.1) is 0 Å². The first-order valence-corrected chi connectivity index (χ1v) is 9.73. The van der Waals surface area contributed by atoms with Crippen LogP contribution < -0.4 is 0 Å². The molecule has 1 atom stereocenters. The molecule has 5 heteroatoms. The standard InChI is InChI=1S/C16H24ClNO2S/c1-2-5-14-8-10-16(11-9-14)21(19,20)18-13-4-7-15(18)6-3-12-17/h8-11,15H,2-7,12-13H2,1H3. The summed E-state index contributed by atoms with van der Waals surface area (Å²) in [7, 11) is -3.36. The summed E-state index contributed by atoms with van der Waals surface area (Å²) in [5, 5.41) is 0. The summed E-state index contributed by atoms with van der Waals surface area (Å²) in [5.74, 6) is 0.593. The van der Waals surface area contributed by atoms with Crippen molar-refractivity contribution in [3.63, 3.8) is 0 Å². The number of rotatable bonds is 7. The zero-order chi connectivity index (χ0) is 15.3. The summed E-state index contributed by atoms with van der Waals surface area (Å²) in [4.78, 5) is 0.417. The molecule has 0 amide bonds. The van der Waals surface area contributed by atoms with Crippen molar-refractivity contribution in [1.29, 1.82) is 0 Å². The number of halogens is 1. The van der Waals surface area contributed by atoms with Crippen LogP contribution in [0.1, 0.15) is 44.6 Å². The van der Waals surface area contributed by atoms with Crippen molar-refractivity contribution in [2.75, 3.05) is 12.4 Å². The number of nitrogens with zero attached hydrogens (tertiary/aromatic N) is 1. The van der Waals surface area contributed by atoms with E-state index in [1.807, 2.05) is 12.1 Å². The Hall–Kier alpha value is -0.580. The van der Waals surface area contributed by atoms with Gasteiger partial charge in [0.15, 0.2) is 0 Å². The Morgan fingerprint density at radius 1 is 1.29 bits per heavy atom. The normalized spacial score (nSPS) is 20.0. The molecule has 0 aliphatic carbocycles. The van der Waals surface area contributed by atoms with Crippen LogP contribution in [-0.2, 0) is 16.4 Å². The van der Waals surface area contributed by atoms with Gasteiger partial charge in [-0.1, -0.05) is 25.5 Å². The van der Waals surface area contributed by atoms with Gasteiger partial charge in [0, 0.05) is 18.5 Å². The lowest BCUT2D eigenvalue weighted by molar-refractivity contribution is 0.368. The lowest BCUT2D eigenvalue weighted by Crippen LogP contribution is -2.35. The minimum atomic E-state index is -3.36. The van der Waals surface area contributed by atoms with E-state index in [1.165, 1.54) is 5.56 Å². The monoisotopic (exact) mass is 329 g/mol. The van der Waals surface area contributed by atoms with Crippen LogP contribution in [0.25, 0.3) is 0 Å². The van der Waals surface area contributed by atoms with E-state index in [4.69, 9.17) is 11.6 Å². The zero-order valence-corrected chi connectivity index (χ0v) is 14.2. The molecule has 2 rings (SSSR count). The number of sulfonamides is 1. The highest BCUT2D eigenvalue weighted by Crippen LogP contribution is 2.28. The molecule has 0 spiro atoms. The van der Waals surface area contributed by atoms with E-state index in [0.29, 0.717) is 17.3 Å². The Labute approximate surface area is 133 Å². The molecular weight excluding hydrogens is 306 g/mol. The van der Waals surface area contributed by atoms with Crippen LogP contribution >= 0.6 is 11.6 Å². The van der Waals surface area contributed by atoms with Crippen molar-refractivity contribution in [3.8, 4) is 0 Å². The Morgan fingerprint density at radius 3 is 2.62 bits per heavy atom. The van der Waals surface area contributed by atoms with Crippen molar-refractivity contribution >= 4 is 21.6 Å². The quantitative estimate of drug-likeness (QED) is 0.713.